The Hall–Kier alpha value is -1.26. The fraction of sp³-hybridized carbons (Fsp3) is 0.818. The van der Waals surface area contributed by atoms with Crippen molar-refractivity contribution in [3.05, 3.63) is 0 Å². The second kappa shape index (κ2) is 5.18. The standard InChI is InChI=1S/C11H20N2O3/c1-8(9(14)15)13-10(16)12-7-11(2)5-3-4-6-11/h8H,3-7H2,1-2H3,(H,14,15)(H2,12,13,16). The normalized spacial score (nSPS) is 20.1. The summed E-state index contributed by atoms with van der Waals surface area (Å²) in [6.45, 7) is 4.21. The van der Waals surface area contributed by atoms with Gasteiger partial charge in [-0.05, 0) is 25.2 Å². The fourth-order valence-electron chi connectivity index (χ4n) is 2.01. The molecule has 0 spiro atoms. The smallest absolute Gasteiger partial charge is 0.325 e. The summed E-state index contributed by atoms with van der Waals surface area (Å²) in [6, 6.07) is -1.25. The molecule has 1 saturated carbocycles. The summed E-state index contributed by atoms with van der Waals surface area (Å²) in [6.07, 6.45) is 4.68. The molecule has 0 radical (unpaired) electrons. The zero-order valence-corrected chi connectivity index (χ0v) is 9.88. The quantitative estimate of drug-likeness (QED) is 0.679. The van der Waals surface area contributed by atoms with Crippen LogP contribution < -0.4 is 10.6 Å². The summed E-state index contributed by atoms with van der Waals surface area (Å²) >= 11 is 0. The summed E-state index contributed by atoms with van der Waals surface area (Å²) < 4.78 is 0. The maximum Gasteiger partial charge on any atom is 0.325 e. The zero-order valence-electron chi connectivity index (χ0n) is 9.88. The van der Waals surface area contributed by atoms with E-state index in [0.29, 0.717) is 6.54 Å². The summed E-state index contributed by atoms with van der Waals surface area (Å²) in [5, 5.41) is 13.7. The third-order valence-corrected chi connectivity index (χ3v) is 3.20. The molecule has 0 aliphatic heterocycles. The molecule has 2 amide bonds. The SMILES string of the molecule is CC(NC(=O)NCC1(C)CCCC1)C(=O)O. The van der Waals surface area contributed by atoms with Crippen molar-refractivity contribution in [1.82, 2.24) is 10.6 Å². The molecule has 0 aromatic heterocycles. The number of hydrogen-bond donors (Lipinski definition) is 3. The van der Waals surface area contributed by atoms with Crippen LogP contribution in [0.25, 0.3) is 0 Å². The van der Waals surface area contributed by atoms with E-state index in [4.69, 9.17) is 5.11 Å². The highest BCUT2D eigenvalue weighted by molar-refractivity contribution is 5.82. The molecule has 5 nitrogen and oxygen atoms in total. The minimum absolute atomic E-state index is 0.184. The highest BCUT2D eigenvalue weighted by Gasteiger charge is 2.29. The number of aliphatic carboxylic acids is 1. The molecule has 0 heterocycles. The molecule has 1 unspecified atom stereocenters. The van der Waals surface area contributed by atoms with E-state index >= 15 is 0 Å². The first-order chi connectivity index (χ1) is 7.43. The van der Waals surface area contributed by atoms with Gasteiger partial charge in [0.25, 0.3) is 0 Å². The van der Waals surface area contributed by atoms with Gasteiger partial charge in [0.1, 0.15) is 6.04 Å². The summed E-state index contributed by atoms with van der Waals surface area (Å²) in [5.74, 6) is -1.03. The number of carbonyl (C=O) groups excluding carboxylic acids is 1. The van der Waals surface area contributed by atoms with E-state index in [2.05, 4.69) is 17.6 Å². The highest BCUT2D eigenvalue weighted by atomic mass is 16.4. The van der Waals surface area contributed by atoms with Gasteiger partial charge in [-0.3, -0.25) is 4.79 Å². The van der Waals surface area contributed by atoms with Crippen molar-refractivity contribution in [2.45, 2.75) is 45.6 Å². The van der Waals surface area contributed by atoms with Gasteiger partial charge in [-0.2, -0.15) is 0 Å². The Morgan fingerprint density at radius 1 is 1.38 bits per heavy atom. The molecule has 0 aromatic rings. The summed E-state index contributed by atoms with van der Waals surface area (Å²) in [7, 11) is 0. The van der Waals surface area contributed by atoms with Gasteiger partial charge in [-0.1, -0.05) is 19.8 Å². The monoisotopic (exact) mass is 228 g/mol. The van der Waals surface area contributed by atoms with Crippen LogP contribution in [0.15, 0.2) is 0 Å². The Bertz CT molecular complexity index is 272. The second-order valence-electron chi connectivity index (χ2n) is 4.90. The first kappa shape index (κ1) is 12.8. The second-order valence-corrected chi connectivity index (χ2v) is 4.90. The first-order valence-electron chi connectivity index (χ1n) is 5.70. The van der Waals surface area contributed by atoms with E-state index in [1.165, 1.54) is 19.8 Å². The molecule has 1 aliphatic rings. The molecular weight excluding hydrogens is 208 g/mol. The predicted octanol–water partition coefficient (Wildman–Crippen LogP) is 1.34. The van der Waals surface area contributed by atoms with Gasteiger partial charge >= 0.3 is 12.0 Å². The van der Waals surface area contributed by atoms with Crippen molar-refractivity contribution in [2.24, 2.45) is 5.41 Å². The van der Waals surface area contributed by atoms with Crippen molar-refractivity contribution in [1.29, 1.82) is 0 Å². The fourth-order valence-corrected chi connectivity index (χ4v) is 2.01. The van der Waals surface area contributed by atoms with Crippen LogP contribution in [0.2, 0.25) is 0 Å². The molecule has 5 heteroatoms. The van der Waals surface area contributed by atoms with Crippen molar-refractivity contribution < 1.29 is 14.7 Å². The number of rotatable bonds is 4. The van der Waals surface area contributed by atoms with Gasteiger partial charge in [0, 0.05) is 6.54 Å². The lowest BCUT2D eigenvalue weighted by Gasteiger charge is -2.24. The number of carboxylic acids is 1. The van der Waals surface area contributed by atoms with Crippen LogP contribution in [0.5, 0.6) is 0 Å². The summed E-state index contributed by atoms with van der Waals surface area (Å²) in [5.41, 5.74) is 0.184. The van der Waals surface area contributed by atoms with E-state index in [0.717, 1.165) is 12.8 Å². The topological polar surface area (TPSA) is 78.4 Å². The van der Waals surface area contributed by atoms with Crippen LogP contribution >= 0.6 is 0 Å². The molecular formula is C11H20N2O3. The third-order valence-electron chi connectivity index (χ3n) is 3.20. The molecule has 1 aliphatic carbocycles. The molecule has 16 heavy (non-hydrogen) atoms. The van der Waals surface area contributed by atoms with Gasteiger partial charge in [0.2, 0.25) is 0 Å². The lowest BCUT2D eigenvalue weighted by Crippen LogP contribution is -2.46. The van der Waals surface area contributed by atoms with Gasteiger partial charge in [-0.25, -0.2) is 4.79 Å². The maximum absolute atomic E-state index is 11.4. The van der Waals surface area contributed by atoms with Crippen LogP contribution in [-0.4, -0.2) is 29.7 Å². The first-order valence-corrected chi connectivity index (χ1v) is 5.70. The number of nitrogens with one attached hydrogen (secondary N) is 2. The molecule has 0 bridgehead atoms. The van der Waals surface area contributed by atoms with Crippen LogP contribution in [0, 0.1) is 5.41 Å². The Morgan fingerprint density at radius 3 is 2.44 bits per heavy atom. The molecule has 3 N–H and O–H groups in total. The number of carbonyl (C=O) groups is 2. The van der Waals surface area contributed by atoms with Crippen molar-refractivity contribution >= 4 is 12.0 Å². The number of hydrogen-bond acceptors (Lipinski definition) is 2. The van der Waals surface area contributed by atoms with Crippen LogP contribution in [0.1, 0.15) is 39.5 Å². The van der Waals surface area contributed by atoms with E-state index in [1.807, 2.05) is 0 Å². The molecule has 1 atom stereocenters. The summed E-state index contributed by atoms with van der Waals surface area (Å²) in [4.78, 5) is 21.9. The van der Waals surface area contributed by atoms with Crippen molar-refractivity contribution in [3.8, 4) is 0 Å². The van der Waals surface area contributed by atoms with Gasteiger partial charge in [0.15, 0.2) is 0 Å². The Labute approximate surface area is 95.6 Å². The van der Waals surface area contributed by atoms with Gasteiger partial charge in [-0.15, -0.1) is 0 Å². The highest BCUT2D eigenvalue weighted by Crippen LogP contribution is 2.36. The predicted molar refractivity (Wildman–Crippen MR) is 60.2 cm³/mol. The van der Waals surface area contributed by atoms with Crippen molar-refractivity contribution in [2.75, 3.05) is 6.54 Å². The molecule has 0 saturated heterocycles. The Kier molecular flexibility index (Phi) is 4.15. The van der Waals surface area contributed by atoms with Gasteiger partial charge in [0.05, 0.1) is 0 Å². The Balaban J connectivity index is 2.27. The van der Waals surface area contributed by atoms with Crippen LogP contribution in [-0.2, 0) is 4.79 Å². The van der Waals surface area contributed by atoms with E-state index in [-0.39, 0.29) is 5.41 Å². The van der Waals surface area contributed by atoms with Gasteiger partial charge < -0.3 is 15.7 Å². The average molecular weight is 228 g/mol. The lowest BCUT2D eigenvalue weighted by atomic mass is 9.89. The zero-order chi connectivity index (χ0) is 12.2. The minimum Gasteiger partial charge on any atom is -0.480 e. The molecule has 92 valence electrons. The maximum atomic E-state index is 11.4. The van der Waals surface area contributed by atoms with Crippen molar-refractivity contribution in [3.63, 3.8) is 0 Å². The average Bonchev–Trinajstić information content (AvgIpc) is 2.63. The van der Waals surface area contributed by atoms with E-state index in [1.54, 1.807) is 0 Å². The lowest BCUT2D eigenvalue weighted by molar-refractivity contribution is -0.138. The largest absolute Gasteiger partial charge is 0.480 e. The third kappa shape index (κ3) is 3.72. The minimum atomic E-state index is -1.03. The molecule has 1 rings (SSSR count). The van der Waals surface area contributed by atoms with E-state index in [9.17, 15) is 9.59 Å². The van der Waals surface area contributed by atoms with Crippen LogP contribution in [0.4, 0.5) is 4.79 Å². The molecule has 1 fully saturated rings. The van der Waals surface area contributed by atoms with Crippen LogP contribution in [0.3, 0.4) is 0 Å². The van der Waals surface area contributed by atoms with E-state index < -0.39 is 18.0 Å². The Morgan fingerprint density at radius 2 is 1.94 bits per heavy atom. The number of amides is 2. The molecule has 0 aromatic carbocycles. The number of urea groups is 1. The number of carboxylic acid groups (broad SMARTS) is 1.